The lowest BCUT2D eigenvalue weighted by Crippen LogP contribution is -2.51. The van der Waals surface area contributed by atoms with Gasteiger partial charge >= 0.3 is 12.4 Å². The van der Waals surface area contributed by atoms with E-state index >= 15 is 0 Å². The lowest BCUT2D eigenvalue weighted by molar-refractivity contribution is -0.202. The topological polar surface area (TPSA) is 54.4 Å². The molecule has 2 atom stereocenters. The highest BCUT2D eigenvalue weighted by atomic mass is 19.4. The molecule has 3 rings (SSSR count). The Morgan fingerprint density at radius 2 is 1.57 bits per heavy atom. The molecule has 0 amide bonds. The van der Waals surface area contributed by atoms with Crippen molar-refractivity contribution in [2.45, 2.75) is 30.4 Å². The quantitative estimate of drug-likeness (QED) is 0.414. The Hall–Kier alpha value is -3.18. The maximum absolute atomic E-state index is 14.5. The van der Waals surface area contributed by atoms with E-state index in [0.29, 0.717) is 17.7 Å². The summed E-state index contributed by atoms with van der Waals surface area (Å²) in [5.41, 5.74) is -3.10. The molecule has 0 fully saturated rings. The second-order valence-electron chi connectivity index (χ2n) is 7.80. The summed E-state index contributed by atoms with van der Waals surface area (Å²) < 4.78 is 99.6. The summed E-state index contributed by atoms with van der Waals surface area (Å²) >= 11 is 0. The minimum atomic E-state index is -5.01. The molecule has 0 aliphatic heterocycles. The number of rotatable bonds is 8. The lowest BCUT2D eigenvalue weighted by Gasteiger charge is -2.37. The van der Waals surface area contributed by atoms with E-state index < -0.39 is 41.9 Å². The second kappa shape index (κ2) is 10.2. The van der Waals surface area contributed by atoms with E-state index in [1.807, 2.05) is 0 Å². The molecule has 0 radical (unpaired) electrons. The van der Waals surface area contributed by atoms with Crippen LogP contribution in [-0.2, 0) is 18.1 Å². The van der Waals surface area contributed by atoms with Crippen LogP contribution in [0.4, 0.5) is 30.7 Å². The van der Waals surface area contributed by atoms with E-state index in [-0.39, 0.29) is 23.6 Å². The van der Waals surface area contributed by atoms with Crippen LogP contribution in [0.2, 0.25) is 0 Å². The first-order valence-corrected chi connectivity index (χ1v) is 10.3. The molecule has 0 aliphatic rings. The van der Waals surface area contributed by atoms with E-state index in [4.69, 9.17) is 4.74 Å². The maximum Gasteiger partial charge on any atom is 0.416 e. The summed E-state index contributed by atoms with van der Waals surface area (Å²) in [6, 6.07) is 14.2. The summed E-state index contributed by atoms with van der Waals surface area (Å²) in [7, 11) is 1.29. The average molecular weight is 502 g/mol. The molecule has 188 valence electrons. The Morgan fingerprint density at radius 3 is 2.17 bits per heavy atom. The molecule has 1 aromatic heterocycles. The molecular formula is C24H21F7N2O2. The number of pyridine rings is 1. The van der Waals surface area contributed by atoms with Crippen LogP contribution in [-0.4, -0.2) is 36.0 Å². The third kappa shape index (κ3) is 6.29. The van der Waals surface area contributed by atoms with Crippen molar-refractivity contribution >= 4 is 0 Å². The van der Waals surface area contributed by atoms with E-state index in [2.05, 4.69) is 10.3 Å². The molecule has 0 bridgehead atoms. The Morgan fingerprint density at radius 1 is 0.914 bits per heavy atom. The van der Waals surface area contributed by atoms with Gasteiger partial charge in [0.2, 0.25) is 5.88 Å². The summed E-state index contributed by atoms with van der Waals surface area (Å²) in [6.45, 7) is -1.10. The number of aliphatic hydroxyl groups excluding tert-OH is 1. The van der Waals surface area contributed by atoms with Gasteiger partial charge in [-0.1, -0.05) is 36.4 Å². The zero-order valence-electron chi connectivity index (χ0n) is 18.3. The number of nitrogens with zero attached hydrogens (tertiary/aromatic N) is 1. The number of alkyl halides is 6. The predicted octanol–water partition coefficient (Wildman–Crippen LogP) is 5.25. The fourth-order valence-corrected chi connectivity index (χ4v) is 3.65. The summed E-state index contributed by atoms with van der Waals surface area (Å²) in [5, 5.41) is 12.2. The number of aromatic nitrogens is 1. The van der Waals surface area contributed by atoms with Crippen molar-refractivity contribution in [2.24, 2.45) is 0 Å². The van der Waals surface area contributed by atoms with Crippen LogP contribution in [0.5, 0.6) is 5.88 Å². The molecule has 0 saturated carbocycles. The molecular weight excluding hydrogens is 481 g/mol. The molecule has 0 spiro atoms. The van der Waals surface area contributed by atoms with Crippen LogP contribution in [0, 0.1) is 5.82 Å². The van der Waals surface area contributed by atoms with Crippen molar-refractivity contribution < 1.29 is 40.6 Å². The molecule has 11 heteroatoms. The second-order valence-corrected chi connectivity index (χ2v) is 7.80. The van der Waals surface area contributed by atoms with Crippen molar-refractivity contribution in [3.05, 3.63) is 94.9 Å². The Bertz CT molecular complexity index is 1140. The first-order chi connectivity index (χ1) is 16.3. The third-order valence-corrected chi connectivity index (χ3v) is 5.37. The van der Waals surface area contributed by atoms with Gasteiger partial charge in [-0.15, -0.1) is 0 Å². The number of hydrogen-bond acceptors (Lipinski definition) is 4. The molecule has 1 heterocycles. The van der Waals surface area contributed by atoms with Crippen LogP contribution in [0.1, 0.15) is 22.4 Å². The van der Waals surface area contributed by atoms with Gasteiger partial charge in [0.1, 0.15) is 5.82 Å². The smallest absolute Gasteiger partial charge is 0.416 e. The molecule has 35 heavy (non-hydrogen) atoms. The number of aliphatic hydroxyl groups is 1. The SMILES string of the molecule is COc1cccc([C@](Cc2ccccc2)(NC[C@@H](O)C(F)(F)F)c2cc(F)cc(C(F)(F)F)c2)n1. The van der Waals surface area contributed by atoms with Crippen LogP contribution in [0.3, 0.4) is 0 Å². The van der Waals surface area contributed by atoms with Gasteiger partial charge in [0.15, 0.2) is 6.10 Å². The van der Waals surface area contributed by atoms with Crippen molar-refractivity contribution in [1.82, 2.24) is 10.3 Å². The normalized spacial score (nSPS) is 14.9. The van der Waals surface area contributed by atoms with Crippen molar-refractivity contribution in [2.75, 3.05) is 13.7 Å². The molecule has 2 N–H and O–H groups in total. The lowest BCUT2D eigenvalue weighted by atomic mass is 9.79. The fraction of sp³-hybridized carbons (Fsp3) is 0.292. The summed E-state index contributed by atoms with van der Waals surface area (Å²) in [5.74, 6) is -1.21. The highest BCUT2D eigenvalue weighted by Gasteiger charge is 2.43. The monoisotopic (exact) mass is 502 g/mol. The molecule has 0 unspecified atom stereocenters. The van der Waals surface area contributed by atoms with Gasteiger partial charge in [0, 0.05) is 19.0 Å². The maximum atomic E-state index is 14.5. The van der Waals surface area contributed by atoms with Crippen molar-refractivity contribution in [3.8, 4) is 5.88 Å². The number of halogens is 7. The molecule has 0 saturated heterocycles. The van der Waals surface area contributed by atoms with Crippen LogP contribution < -0.4 is 10.1 Å². The summed E-state index contributed by atoms with van der Waals surface area (Å²) in [4.78, 5) is 4.25. The number of hydrogen-bond donors (Lipinski definition) is 2. The minimum absolute atomic E-state index is 0.0329. The Labute approximate surface area is 196 Å². The Balaban J connectivity index is 2.29. The van der Waals surface area contributed by atoms with E-state index in [1.54, 1.807) is 30.3 Å². The standard InChI is InChI=1S/C24H21F7N2O2/c1-35-21-9-5-8-19(33-21)22(13-15-6-3-2-4-7-15,32-14-20(34)24(29,30)31)16-10-17(23(26,27)28)12-18(25)11-16/h2-12,20,32,34H,13-14H2,1H3/t20-,22-/m1/s1. The van der Waals surface area contributed by atoms with Gasteiger partial charge < -0.3 is 9.84 Å². The first kappa shape index (κ1) is 26.4. The number of benzene rings is 2. The molecule has 4 nitrogen and oxygen atoms in total. The number of nitrogens with one attached hydrogen (secondary N) is 1. The largest absolute Gasteiger partial charge is 0.481 e. The zero-order chi connectivity index (χ0) is 25.9. The van der Waals surface area contributed by atoms with Gasteiger partial charge in [-0.2, -0.15) is 26.3 Å². The van der Waals surface area contributed by atoms with Gasteiger partial charge in [0.05, 0.1) is 23.9 Å². The predicted molar refractivity (Wildman–Crippen MR) is 113 cm³/mol. The van der Waals surface area contributed by atoms with Crippen LogP contribution in [0.15, 0.2) is 66.7 Å². The minimum Gasteiger partial charge on any atom is -0.481 e. The van der Waals surface area contributed by atoms with Gasteiger partial charge in [-0.3, -0.25) is 5.32 Å². The summed E-state index contributed by atoms with van der Waals surface area (Å²) in [6.07, 6.45) is -13.0. The highest BCUT2D eigenvalue weighted by molar-refractivity contribution is 5.42. The van der Waals surface area contributed by atoms with Gasteiger partial charge in [-0.25, -0.2) is 9.37 Å². The molecule has 0 aliphatic carbocycles. The highest BCUT2D eigenvalue weighted by Crippen LogP contribution is 2.38. The van der Waals surface area contributed by atoms with E-state index in [9.17, 15) is 35.8 Å². The van der Waals surface area contributed by atoms with Crippen LogP contribution >= 0.6 is 0 Å². The fourth-order valence-electron chi connectivity index (χ4n) is 3.65. The zero-order valence-corrected chi connectivity index (χ0v) is 18.3. The van der Waals surface area contributed by atoms with E-state index in [1.165, 1.54) is 25.3 Å². The first-order valence-electron chi connectivity index (χ1n) is 10.3. The van der Waals surface area contributed by atoms with Gasteiger partial charge in [0.25, 0.3) is 0 Å². The molecule has 3 aromatic rings. The van der Waals surface area contributed by atoms with Crippen LogP contribution in [0.25, 0.3) is 0 Å². The van der Waals surface area contributed by atoms with Gasteiger partial charge in [-0.05, 0) is 35.4 Å². The Kier molecular flexibility index (Phi) is 7.71. The molecule has 2 aromatic carbocycles. The van der Waals surface area contributed by atoms with Crippen molar-refractivity contribution in [3.63, 3.8) is 0 Å². The average Bonchev–Trinajstić information content (AvgIpc) is 2.80. The third-order valence-electron chi connectivity index (χ3n) is 5.37. The number of ether oxygens (including phenoxy) is 1. The number of methoxy groups -OCH3 is 1. The van der Waals surface area contributed by atoms with Crippen molar-refractivity contribution in [1.29, 1.82) is 0 Å². The van der Waals surface area contributed by atoms with E-state index in [0.717, 1.165) is 6.07 Å².